The van der Waals surface area contributed by atoms with Gasteiger partial charge in [-0.25, -0.2) is 8.42 Å². The standard InChI is InChI=1S/C13H20ClNO4S/c1-12(2)8-15(9-13(3,4)19-12)20(16,17)11-6-5-10(7-14)18-11/h5-6H,7-9H2,1-4H3. The van der Waals surface area contributed by atoms with E-state index < -0.39 is 21.2 Å². The number of alkyl halides is 1. The fourth-order valence-electron chi connectivity index (χ4n) is 2.58. The van der Waals surface area contributed by atoms with E-state index in [9.17, 15) is 8.42 Å². The van der Waals surface area contributed by atoms with Crippen molar-refractivity contribution < 1.29 is 17.6 Å². The SMILES string of the molecule is CC1(C)CN(S(=O)(=O)c2ccc(CCl)o2)CC(C)(C)O1. The summed E-state index contributed by atoms with van der Waals surface area (Å²) in [5, 5.41) is -0.0679. The molecular weight excluding hydrogens is 302 g/mol. The van der Waals surface area contributed by atoms with Crippen molar-refractivity contribution in [1.82, 2.24) is 4.31 Å². The highest BCUT2D eigenvalue weighted by atomic mass is 35.5. The first-order chi connectivity index (χ1) is 9.06. The van der Waals surface area contributed by atoms with Crippen molar-refractivity contribution in [3.8, 4) is 0 Å². The first-order valence-corrected chi connectivity index (χ1v) is 8.38. The topological polar surface area (TPSA) is 59.8 Å². The highest BCUT2D eigenvalue weighted by molar-refractivity contribution is 7.89. The number of hydrogen-bond donors (Lipinski definition) is 0. The average Bonchev–Trinajstić information content (AvgIpc) is 2.73. The van der Waals surface area contributed by atoms with Gasteiger partial charge < -0.3 is 9.15 Å². The van der Waals surface area contributed by atoms with Gasteiger partial charge in [0.25, 0.3) is 10.0 Å². The number of rotatable bonds is 3. The normalized spacial score (nSPS) is 22.9. The molecule has 5 nitrogen and oxygen atoms in total. The third-order valence-electron chi connectivity index (χ3n) is 3.03. The molecule has 1 aromatic rings. The second-order valence-corrected chi connectivity index (χ2v) is 8.39. The predicted octanol–water partition coefficient (Wildman–Crippen LogP) is 2.60. The van der Waals surface area contributed by atoms with Crippen molar-refractivity contribution in [2.24, 2.45) is 0 Å². The minimum atomic E-state index is -3.67. The second kappa shape index (κ2) is 5.02. The summed E-state index contributed by atoms with van der Waals surface area (Å²) in [5.41, 5.74) is -1.09. The Balaban J connectivity index is 2.33. The molecule has 1 saturated heterocycles. The van der Waals surface area contributed by atoms with Crippen molar-refractivity contribution in [2.75, 3.05) is 13.1 Å². The Labute approximate surface area is 124 Å². The second-order valence-electron chi connectivity index (χ2n) is 6.25. The molecule has 1 fully saturated rings. The summed E-state index contributed by atoms with van der Waals surface area (Å²) in [7, 11) is -3.67. The van der Waals surface area contributed by atoms with Gasteiger partial charge in [0, 0.05) is 13.1 Å². The van der Waals surface area contributed by atoms with E-state index >= 15 is 0 Å². The van der Waals surface area contributed by atoms with E-state index in [-0.39, 0.29) is 24.1 Å². The highest BCUT2D eigenvalue weighted by Gasteiger charge is 2.43. The monoisotopic (exact) mass is 321 g/mol. The van der Waals surface area contributed by atoms with Crippen molar-refractivity contribution in [2.45, 2.75) is 49.9 Å². The van der Waals surface area contributed by atoms with Gasteiger partial charge in [-0.15, -0.1) is 11.6 Å². The predicted molar refractivity (Wildman–Crippen MR) is 76.3 cm³/mol. The van der Waals surface area contributed by atoms with Crippen LogP contribution in [-0.4, -0.2) is 37.0 Å². The zero-order valence-electron chi connectivity index (χ0n) is 12.1. The maximum atomic E-state index is 12.6. The van der Waals surface area contributed by atoms with Crippen LogP contribution in [-0.2, 0) is 20.6 Å². The van der Waals surface area contributed by atoms with Gasteiger partial charge in [-0.05, 0) is 39.8 Å². The Morgan fingerprint density at radius 2 is 1.75 bits per heavy atom. The zero-order valence-corrected chi connectivity index (χ0v) is 13.7. The summed E-state index contributed by atoms with van der Waals surface area (Å²) in [6.45, 7) is 8.09. The van der Waals surface area contributed by atoms with Crippen LogP contribution in [0.3, 0.4) is 0 Å². The van der Waals surface area contributed by atoms with Crippen molar-refractivity contribution in [1.29, 1.82) is 0 Å². The van der Waals surface area contributed by atoms with Crippen LogP contribution in [0.2, 0.25) is 0 Å². The molecule has 20 heavy (non-hydrogen) atoms. The molecule has 1 aliphatic heterocycles. The lowest BCUT2D eigenvalue weighted by atomic mass is 10.0. The molecular formula is C13H20ClNO4S. The van der Waals surface area contributed by atoms with Gasteiger partial charge in [0.2, 0.25) is 5.09 Å². The van der Waals surface area contributed by atoms with Crippen molar-refractivity contribution in [3.63, 3.8) is 0 Å². The maximum absolute atomic E-state index is 12.6. The third kappa shape index (κ3) is 3.19. The van der Waals surface area contributed by atoms with Crippen molar-refractivity contribution >= 4 is 21.6 Å². The van der Waals surface area contributed by atoms with E-state index in [0.29, 0.717) is 5.76 Å². The summed E-state index contributed by atoms with van der Waals surface area (Å²) >= 11 is 5.64. The fourth-order valence-corrected chi connectivity index (χ4v) is 4.40. The molecule has 0 radical (unpaired) electrons. The van der Waals surface area contributed by atoms with Gasteiger partial charge in [0.05, 0.1) is 17.1 Å². The molecule has 0 bridgehead atoms. The lowest BCUT2D eigenvalue weighted by molar-refractivity contribution is -0.164. The average molecular weight is 322 g/mol. The molecule has 0 atom stereocenters. The Morgan fingerprint density at radius 1 is 1.20 bits per heavy atom. The summed E-state index contributed by atoms with van der Waals surface area (Å²) in [5.74, 6) is 0.590. The molecule has 2 rings (SSSR count). The van der Waals surface area contributed by atoms with Gasteiger partial charge >= 0.3 is 0 Å². The first kappa shape index (κ1) is 15.8. The van der Waals surface area contributed by atoms with Crippen LogP contribution >= 0.6 is 11.6 Å². The number of nitrogens with zero attached hydrogens (tertiary/aromatic N) is 1. The number of sulfonamides is 1. The van der Waals surface area contributed by atoms with E-state index in [4.69, 9.17) is 20.8 Å². The first-order valence-electron chi connectivity index (χ1n) is 6.41. The smallest absolute Gasteiger partial charge is 0.276 e. The molecule has 0 aliphatic carbocycles. The summed E-state index contributed by atoms with van der Waals surface area (Å²) in [6, 6.07) is 3.03. The minimum absolute atomic E-state index is 0.0679. The lowest BCUT2D eigenvalue weighted by Crippen LogP contribution is -2.58. The largest absolute Gasteiger partial charge is 0.447 e. The molecule has 0 aromatic carbocycles. The number of halogens is 1. The van der Waals surface area contributed by atoms with E-state index in [2.05, 4.69) is 0 Å². The molecule has 0 spiro atoms. The quantitative estimate of drug-likeness (QED) is 0.803. The maximum Gasteiger partial charge on any atom is 0.276 e. The number of hydrogen-bond acceptors (Lipinski definition) is 4. The Kier molecular flexibility index (Phi) is 3.97. The van der Waals surface area contributed by atoms with Crippen LogP contribution in [0.1, 0.15) is 33.5 Å². The molecule has 2 heterocycles. The molecule has 0 N–H and O–H groups in total. The van der Waals surface area contributed by atoms with Crippen LogP contribution in [0, 0.1) is 0 Å². The van der Waals surface area contributed by atoms with Crippen LogP contribution < -0.4 is 0 Å². The summed E-state index contributed by atoms with van der Waals surface area (Å²) in [4.78, 5) is 0. The Hall–Kier alpha value is -0.560. The molecule has 0 amide bonds. The fraction of sp³-hybridized carbons (Fsp3) is 0.692. The molecule has 7 heteroatoms. The van der Waals surface area contributed by atoms with E-state index in [1.807, 2.05) is 27.7 Å². The van der Waals surface area contributed by atoms with Gasteiger partial charge in [0.15, 0.2) is 0 Å². The lowest BCUT2D eigenvalue weighted by Gasteiger charge is -2.46. The molecule has 1 aromatic heterocycles. The molecule has 0 unspecified atom stereocenters. The van der Waals surface area contributed by atoms with Crippen LogP contribution in [0.4, 0.5) is 0 Å². The van der Waals surface area contributed by atoms with Crippen LogP contribution in [0.5, 0.6) is 0 Å². The van der Waals surface area contributed by atoms with E-state index in [0.717, 1.165) is 0 Å². The highest BCUT2D eigenvalue weighted by Crippen LogP contribution is 2.32. The molecule has 114 valence electrons. The van der Waals surface area contributed by atoms with E-state index in [1.54, 1.807) is 6.07 Å². The van der Waals surface area contributed by atoms with Crippen LogP contribution in [0.25, 0.3) is 0 Å². The zero-order chi connectivity index (χ0) is 15.2. The summed E-state index contributed by atoms with van der Waals surface area (Å²) in [6.07, 6.45) is 0. The van der Waals surface area contributed by atoms with Gasteiger partial charge in [-0.2, -0.15) is 4.31 Å². The van der Waals surface area contributed by atoms with Gasteiger partial charge in [-0.3, -0.25) is 0 Å². The summed E-state index contributed by atoms with van der Waals surface area (Å²) < 4.78 is 37.8. The van der Waals surface area contributed by atoms with Crippen molar-refractivity contribution in [3.05, 3.63) is 17.9 Å². The number of furan rings is 1. The molecule has 0 saturated carbocycles. The number of morpholine rings is 1. The van der Waals surface area contributed by atoms with Gasteiger partial charge in [-0.1, -0.05) is 0 Å². The Bertz CT molecular complexity index is 575. The van der Waals surface area contributed by atoms with E-state index in [1.165, 1.54) is 10.4 Å². The Morgan fingerprint density at radius 3 is 2.20 bits per heavy atom. The molecule has 1 aliphatic rings. The third-order valence-corrected chi connectivity index (χ3v) is 4.96. The van der Waals surface area contributed by atoms with Crippen LogP contribution in [0.15, 0.2) is 21.6 Å². The number of ether oxygens (including phenoxy) is 1. The minimum Gasteiger partial charge on any atom is -0.447 e. The van der Waals surface area contributed by atoms with Gasteiger partial charge in [0.1, 0.15) is 5.76 Å².